The van der Waals surface area contributed by atoms with Crippen molar-refractivity contribution in [2.45, 2.75) is 31.1 Å². The third-order valence-electron chi connectivity index (χ3n) is 5.36. The Morgan fingerprint density at radius 1 is 1.00 bits per heavy atom. The molecule has 0 aromatic heterocycles. The van der Waals surface area contributed by atoms with Crippen molar-refractivity contribution >= 4 is 21.6 Å². The zero-order valence-electron chi connectivity index (χ0n) is 18.4. The smallest absolute Gasteiger partial charge is 0.269 e. The topological polar surface area (TPSA) is 110 Å². The Balaban J connectivity index is 1.53. The Morgan fingerprint density at radius 3 is 2.06 bits per heavy atom. The van der Waals surface area contributed by atoms with Crippen LogP contribution in [-0.4, -0.2) is 61.2 Å². The van der Waals surface area contributed by atoms with Crippen molar-refractivity contribution in [3.8, 4) is 5.75 Å². The molecule has 2 aromatic carbocycles. The van der Waals surface area contributed by atoms with Crippen LogP contribution >= 0.6 is 0 Å². The normalized spacial score (nSPS) is 15.4. The van der Waals surface area contributed by atoms with E-state index in [4.69, 9.17) is 4.74 Å². The molecule has 1 amide bonds. The number of hydrogen-bond donors (Lipinski definition) is 0. The van der Waals surface area contributed by atoms with Crippen molar-refractivity contribution in [2.75, 3.05) is 32.8 Å². The molecule has 0 saturated carbocycles. The monoisotopic (exact) mass is 461 g/mol. The lowest BCUT2D eigenvalue weighted by Gasteiger charge is -2.34. The van der Waals surface area contributed by atoms with Gasteiger partial charge in [-0.15, -0.1) is 0 Å². The number of nitro groups is 1. The van der Waals surface area contributed by atoms with Gasteiger partial charge in [0.15, 0.2) is 6.61 Å². The van der Waals surface area contributed by atoms with Gasteiger partial charge < -0.3 is 9.64 Å². The van der Waals surface area contributed by atoms with E-state index in [2.05, 4.69) is 20.8 Å². The summed E-state index contributed by atoms with van der Waals surface area (Å²) >= 11 is 0. The number of carbonyl (C=O) groups is 1. The van der Waals surface area contributed by atoms with Gasteiger partial charge in [0, 0.05) is 38.3 Å². The highest BCUT2D eigenvalue weighted by Crippen LogP contribution is 2.24. The Kier molecular flexibility index (Phi) is 6.85. The molecule has 0 unspecified atom stereocenters. The summed E-state index contributed by atoms with van der Waals surface area (Å²) in [5.41, 5.74) is 1.02. The van der Waals surface area contributed by atoms with E-state index in [1.807, 2.05) is 24.3 Å². The second-order valence-corrected chi connectivity index (χ2v) is 10.5. The van der Waals surface area contributed by atoms with Crippen LogP contribution in [0.25, 0.3) is 0 Å². The largest absolute Gasteiger partial charge is 0.484 e. The van der Waals surface area contributed by atoms with E-state index in [0.29, 0.717) is 5.75 Å². The first-order valence-corrected chi connectivity index (χ1v) is 11.7. The highest BCUT2D eigenvalue weighted by molar-refractivity contribution is 7.89. The molecule has 0 radical (unpaired) electrons. The first-order valence-electron chi connectivity index (χ1n) is 10.2. The van der Waals surface area contributed by atoms with Crippen molar-refractivity contribution in [1.29, 1.82) is 0 Å². The van der Waals surface area contributed by atoms with E-state index in [-0.39, 0.29) is 54.7 Å². The third kappa shape index (κ3) is 5.43. The van der Waals surface area contributed by atoms with Crippen LogP contribution < -0.4 is 4.74 Å². The molecule has 1 saturated heterocycles. The minimum atomic E-state index is -3.78. The number of hydrogen-bond acceptors (Lipinski definition) is 6. The first-order chi connectivity index (χ1) is 15.0. The predicted octanol–water partition coefficient (Wildman–Crippen LogP) is 2.80. The summed E-state index contributed by atoms with van der Waals surface area (Å²) in [5, 5.41) is 10.8. The number of piperazine rings is 1. The van der Waals surface area contributed by atoms with Crippen molar-refractivity contribution in [3.05, 3.63) is 64.2 Å². The van der Waals surface area contributed by atoms with Crippen LogP contribution in [0.4, 0.5) is 5.69 Å². The second kappa shape index (κ2) is 9.25. The third-order valence-corrected chi connectivity index (χ3v) is 7.27. The lowest BCUT2D eigenvalue weighted by molar-refractivity contribution is -0.384. The van der Waals surface area contributed by atoms with E-state index in [1.54, 1.807) is 4.90 Å². The molecule has 1 heterocycles. The molecule has 2 aromatic rings. The summed E-state index contributed by atoms with van der Waals surface area (Å²) in [5.74, 6) is 0.392. The van der Waals surface area contributed by atoms with Gasteiger partial charge in [-0.1, -0.05) is 32.9 Å². The summed E-state index contributed by atoms with van der Waals surface area (Å²) in [6, 6.07) is 12.4. The van der Waals surface area contributed by atoms with E-state index in [9.17, 15) is 23.3 Å². The maximum Gasteiger partial charge on any atom is 0.269 e. The lowest BCUT2D eigenvalue weighted by Crippen LogP contribution is -2.51. The maximum absolute atomic E-state index is 12.8. The molecule has 10 heteroatoms. The highest BCUT2D eigenvalue weighted by Gasteiger charge is 2.30. The van der Waals surface area contributed by atoms with Crippen molar-refractivity contribution in [1.82, 2.24) is 9.21 Å². The molecule has 1 aliphatic heterocycles. The number of carbonyl (C=O) groups excluding carboxylic acids is 1. The molecule has 32 heavy (non-hydrogen) atoms. The van der Waals surface area contributed by atoms with Gasteiger partial charge in [-0.2, -0.15) is 4.31 Å². The average Bonchev–Trinajstić information content (AvgIpc) is 2.77. The van der Waals surface area contributed by atoms with Crippen LogP contribution in [0.2, 0.25) is 0 Å². The maximum atomic E-state index is 12.8. The molecule has 9 nitrogen and oxygen atoms in total. The molecule has 0 atom stereocenters. The number of nitro benzene ring substituents is 1. The predicted molar refractivity (Wildman–Crippen MR) is 119 cm³/mol. The van der Waals surface area contributed by atoms with Crippen molar-refractivity contribution in [2.24, 2.45) is 0 Å². The Hall–Kier alpha value is -2.98. The first kappa shape index (κ1) is 23.7. The Bertz CT molecular complexity index is 1070. The highest BCUT2D eigenvalue weighted by atomic mass is 32.2. The van der Waals surface area contributed by atoms with Gasteiger partial charge in [-0.05, 0) is 35.2 Å². The minimum Gasteiger partial charge on any atom is -0.484 e. The van der Waals surface area contributed by atoms with Crippen LogP contribution in [0, 0.1) is 10.1 Å². The fourth-order valence-corrected chi connectivity index (χ4v) is 4.78. The van der Waals surface area contributed by atoms with Crippen molar-refractivity contribution in [3.63, 3.8) is 0 Å². The Morgan fingerprint density at radius 2 is 1.56 bits per heavy atom. The van der Waals surface area contributed by atoms with Gasteiger partial charge in [0.05, 0.1) is 9.82 Å². The van der Waals surface area contributed by atoms with E-state index >= 15 is 0 Å². The molecular weight excluding hydrogens is 434 g/mol. The molecule has 172 valence electrons. The fraction of sp³-hybridized carbons (Fsp3) is 0.409. The zero-order chi connectivity index (χ0) is 23.5. The summed E-state index contributed by atoms with van der Waals surface area (Å²) in [6.45, 7) is 7.02. The van der Waals surface area contributed by atoms with E-state index < -0.39 is 14.9 Å². The number of nitrogens with zero attached hydrogens (tertiary/aromatic N) is 3. The quantitative estimate of drug-likeness (QED) is 0.483. The second-order valence-electron chi connectivity index (χ2n) is 8.60. The van der Waals surface area contributed by atoms with Gasteiger partial charge in [0.1, 0.15) is 5.75 Å². The summed E-state index contributed by atoms with van der Waals surface area (Å²) in [7, 11) is -3.78. The molecule has 0 bridgehead atoms. The minimum absolute atomic E-state index is 0.00934. The van der Waals surface area contributed by atoms with Crippen LogP contribution in [-0.2, 0) is 20.2 Å². The van der Waals surface area contributed by atoms with Crippen LogP contribution in [0.1, 0.15) is 26.3 Å². The lowest BCUT2D eigenvalue weighted by atomic mass is 9.87. The average molecular weight is 462 g/mol. The molecule has 0 N–H and O–H groups in total. The van der Waals surface area contributed by atoms with Crippen molar-refractivity contribution < 1.29 is 22.9 Å². The Labute approximate surface area is 187 Å². The number of non-ortho nitro benzene ring substituents is 1. The SMILES string of the molecule is CC(C)(C)c1ccc(OCC(=O)N2CCN(S(=O)(=O)c3ccc([N+](=O)[O-])cc3)CC2)cc1. The van der Waals surface area contributed by atoms with Gasteiger partial charge in [-0.3, -0.25) is 14.9 Å². The number of benzene rings is 2. The van der Waals surface area contributed by atoms with E-state index in [1.165, 1.54) is 22.0 Å². The summed E-state index contributed by atoms with van der Waals surface area (Å²) < 4.78 is 32.4. The molecule has 1 aliphatic rings. The molecule has 0 aliphatic carbocycles. The van der Waals surface area contributed by atoms with E-state index in [0.717, 1.165) is 12.1 Å². The number of rotatable bonds is 6. The van der Waals surface area contributed by atoms with Crippen LogP contribution in [0.5, 0.6) is 5.75 Å². The zero-order valence-corrected chi connectivity index (χ0v) is 19.2. The molecular formula is C22H27N3O6S. The van der Waals surface area contributed by atoms with Gasteiger partial charge in [-0.25, -0.2) is 8.42 Å². The van der Waals surface area contributed by atoms with Crippen LogP contribution in [0.3, 0.4) is 0 Å². The van der Waals surface area contributed by atoms with Gasteiger partial charge >= 0.3 is 0 Å². The fourth-order valence-electron chi connectivity index (χ4n) is 3.35. The number of ether oxygens (including phenoxy) is 1. The summed E-state index contributed by atoms with van der Waals surface area (Å²) in [4.78, 5) is 24.2. The van der Waals surface area contributed by atoms with Crippen LogP contribution in [0.15, 0.2) is 53.4 Å². The molecule has 1 fully saturated rings. The summed E-state index contributed by atoms with van der Waals surface area (Å²) in [6.07, 6.45) is 0. The van der Waals surface area contributed by atoms with Gasteiger partial charge in [0.25, 0.3) is 11.6 Å². The molecule has 0 spiro atoms. The number of sulfonamides is 1. The number of amides is 1. The standard InChI is InChI=1S/C22H27N3O6S/c1-22(2,3)17-4-8-19(9-5-17)31-16-21(26)23-12-14-24(15-13-23)32(29,30)20-10-6-18(7-11-20)25(27)28/h4-11H,12-16H2,1-3H3. The van der Waals surface area contributed by atoms with Gasteiger partial charge in [0.2, 0.25) is 10.0 Å². The molecule has 3 rings (SSSR count).